The number of benzene rings is 2. The summed E-state index contributed by atoms with van der Waals surface area (Å²) in [4.78, 5) is 30.6. The van der Waals surface area contributed by atoms with Gasteiger partial charge < -0.3 is 10.2 Å². The second-order valence-corrected chi connectivity index (χ2v) is 6.58. The summed E-state index contributed by atoms with van der Waals surface area (Å²) >= 11 is 0. The minimum Gasteiger partial charge on any atom is -0.345 e. The molecule has 0 radical (unpaired) electrons. The standard InChI is InChI=1S/C21H19N3O2/c1-24(13-15-6-4-5-14-12-22-10-9-16(14)15)20(25)11-19-17-7-2-3-8-18(17)21(26)23-19/h2-10,12,19H,11,13H2,1H3,(H,23,26)/t19-/m1/s1. The van der Waals surface area contributed by atoms with Crippen LogP contribution < -0.4 is 5.32 Å². The zero-order valence-corrected chi connectivity index (χ0v) is 14.5. The number of carbonyl (C=O) groups is 2. The molecular formula is C21H19N3O2. The second-order valence-electron chi connectivity index (χ2n) is 6.58. The van der Waals surface area contributed by atoms with E-state index in [9.17, 15) is 9.59 Å². The number of carbonyl (C=O) groups excluding carboxylic acids is 2. The van der Waals surface area contributed by atoms with Crippen LogP contribution in [-0.2, 0) is 11.3 Å². The SMILES string of the molecule is CN(Cc1cccc2cnccc12)C(=O)C[C@H]1NC(=O)c2ccccc21. The number of rotatable bonds is 4. The fourth-order valence-electron chi connectivity index (χ4n) is 3.48. The molecule has 2 heterocycles. The number of nitrogens with one attached hydrogen (secondary N) is 1. The molecule has 130 valence electrons. The van der Waals surface area contributed by atoms with Gasteiger partial charge >= 0.3 is 0 Å². The van der Waals surface area contributed by atoms with Gasteiger partial charge in [-0.25, -0.2) is 0 Å². The number of nitrogens with zero attached hydrogens (tertiary/aromatic N) is 2. The molecule has 1 aromatic heterocycles. The van der Waals surface area contributed by atoms with Gasteiger partial charge in [0.2, 0.25) is 5.91 Å². The molecular weight excluding hydrogens is 326 g/mol. The predicted octanol–water partition coefficient (Wildman–Crippen LogP) is 3.07. The summed E-state index contributed by atoms with van der Waals surface area (Å²) in [6.45, 7) is 0.516. The van der Waals surface area contributed by atoms with E-state index in [-0.39, 0.29) is 24.3 Å². The number of fused-ring (bicyclic) bond motifs is 2. The van der Waals surface area contributed by atoms with Crippen molar-refractivity contribution in [3.63, 3.8) is 0 Å². The Labute approximate surface area is 151 Å². The fraction of sp³-hybridized carbons (Fsp3) is 0.190. The van der Waals surface area contributed by atoms with E-state index in [4.69, 9.17) is 0 Å². The van der Waals surface area contributed by atoms with Crippen LogP contribution >= 0.6 is 0 Å². The van der Waals surface area contributed by atoms with Crippen LogP contribution in [-0.4, -0.2) is 28.7 Å². The van der Waals surface area contributed by atoms with Crippen molar-refractivity contribution in [1.29, 1.82) is 0 Å². The first-order chi connectivity index (χ1) is 12.6. The molecule has 26 heavy (non-hydrogen) atoms. The summed E-state index contributed by atoms with van der Waals surface area (Å²) in [5.74, 6) is -0.110. The van der Waals surface area contributed by atoms with E-state index in [1.165, 1.54) is 0 Å². The van der Waals surface area contributed by atoms with Crippen molar-refractivity contribution in [2.45, 2.75) is 19.0 Å². The highest BCUT2D eigenvalue weighted by Crippen LogP contribution is 2.28. The van der Waals surface area contributed by atoms with Crippen LogP contribution in [0.25, 0.3) is 10.8 Å². The van der Waals surface area contributed by atoms with Crippen molar-refractivity contribution in [1.82, 2.24) is 15.2 Å². The van der Waals surface area contributed by atoms with Gasteiger partial charge in [-0.2, -0.15) is 0 Å². The molecule has 1 aliphatic heterocycles. The summed E-state index contributed by atoms with van der Waals surface area (Å²) in [5.41, 5.74) is 2.64. The topological polar surface area (TPSA) is 62.3 Å². The molecule has 0 spiro atoms. The molecule has 2 amide bonds. The van der Waals surface area contributed by atoms with Crippen molar-refractivity contribution < 1.29 is 9.59 Å². The predicted molar refractivity (Wildman–Crippen MR) is 99.5 cm³/mol. The van der Waals surface area contributed by atoms with Gasteiger partial charge in [0.05, 0.1) is 12.5 Å². The van der Waals surface area contributed by atoms with Crippen molar-refractivity contribution in [3.05, 3.63) is 77.6 Å². The van der Waals surface area contributed by atoms with Gasteiger partial charge in [-0.15, -0.1) is 0 Å². The van der Waals surface area contributed by atoms with E-state index in [0.717, 1.165) is 21.9 Å². The summed E-state index contributed by atoms with van der Waals surface area (Å²) in [6, 6.07) is 15.2. The molecule has 4 rings (SSSR count). The molecule has 1 atom stereocenters. The summed E-state index contributed by atoms with van der Waals surface area (Å²) in [7, 11) is 1.80. The lowest BCUT2D eigenvalue weighted by Gasteiger charge is -2.21. The molecule has 0 saturated heterocycles. The summed E-state index contributed by atoms with van der Waals surface area (Å²) < 4.78 is 0. The lowest BCUT2D eigenvalue weighted by molar-refractivity contribution is -0.130. The Morgan fingerprint density at radius 3 is 2.88 bits per heavy atom. The van der Waals surface area contributed by atoms with Crippen LogP contribution in [0.5, 0.6) is 0 Å². The first-order valence-corrected chi connectivity index (χ1v) is 8.59. The molecule has 0 saturated carbocycles. The highest BCUT2D eigenvalue weighted by Gasteiger charge is 2.30. The number of pyridine rings is 1. The van der Waals surface area contributed by atoms with Crippen LogP contribution in [0.4, 0.5) is 0 Å². The molecule has 1 aliphatic rings. The fourth-order valence-corrected chi connectivity index (χ4v) is 3.48. The normalized spacial score (nSPS) is 15.6. The van der Waals surface area contributed by atoms with Gasteiger partial charge in [-0.1, -0.05) is 36.4 Å². The summed E-state index contributed by atoms with van der Waals surface area (Å²) in [6.07, 6.45) is 3.84. The third kappa shape index (κ3) is 2.92. The molecule has 5 heteroatoms. The molecule has 1 N–H and O–H groups in total. The van der Waals surface area contributed by atoms with E-state index < -0.39 is 0 Å². The second kappa shape index (κ2) is 6.59. The molecule has 0 bridgehead atoms. The molecule has 0 aliphatic carbocycles. The Balaban J connectivity index is 1.50. The monoisotopic (exact) mass is 345 g/mol. The number of hydrogen-bond acceptors (Lipinski definition) is 3. The number of aromatic nitrogens is 1. The van der Waals surface area contributed by atoms with Crippen molar-refractivity contribution >= 4 is 22.6 Å². The average Bonchev–Trinajstić information content (AvgIpc) is 2.98. The summed E-state index contributed by atoms with van der Waals surface area (Å²) in [5, 5.41) is 5.06. The van der Waals surface area contributed by atoms with Gasteiger partial charge in [0.25, 0.3) is 5.91 Å². The van der Waals surface area contributed by atoms with Crippen molar-refractivity contribution in [3.8, 4) is 0 Å². The lowest BCUT2D eigenvalue weighted by Crippen LogP contribution is -2.30. The quantitative estimate of drug-likeness (QED) is 0.790. The zero-order valence-electron chi connectivity index (χ0n) is 14.5. The van der Waals surface area contributed by atoms with E-state index in [1.54, 1.807) is 24.2 Å². The van der Waals surface area contributed by atoms with Gasteiger partial charge in [0, 0.05) is 36.9 Å². The van der Waals surface area contributed by atoms with Crippen LogP contribution in [0.1, 0.15) is 33.9 Å². The average molecular weight is 345 g/mol. The van der Waals surface area contributed by atoms with Crippen LogP contribution in [0, 0.1) is 0 Å². The van der Waals surface area contributed by atoms with Gasteiger partial charge in [0.15, 0.2) is 0 Å². The van der Waals surface area contributed by atoms with Crippen LogP contribution in [0.3, 0.4) is 0 Å². The molecule has 5 nitrogen and oxygen atoms in total. The maximum absolute atomic E-state index is 12.7. The highest BCUT2D eigenvalue weighted by atomic mass is 16.2. The van der Waals surface area contributed by atoms with Crippen molar-refractivity contribution in [2.75, 3.05) is 7.05 Å². The Morgan fingerprint density at radius 2 is 2.00 bits per heavy atom. The van der Waals surface area contributed by atoms with Gasteiger partial charge in [-0.05, 0) is 28.6 Å². The van der Waals surface area contributed by atoms with Crippen LogP contribution in [0.2, 0.25) is 0 Å². The Kier molecular flexibility index (Phi) is 4.13. The Hall–Kier alpha value is -3.21. The number of hydrogen-bond donors (Lipinski definition) is 1. The van der Waals surface area contributed by atoms with E-state index >= 15 is 0 Å². The Morgan fingerprint density at radius 1 is 1.15 bits per heavy atom. The molecule has 0 unspecified atom stereocenters. The minimum absolute atomic E-state index is 0.00179. The molecule has 0 fully saturated rings. The lowest BCUT2D eigenvalue weighted by atomic mass is 10.0. The largest absolute Gasteiger partial charge is 0.345 e. The van der Waals surface area contributed by atoms with Gasteiger partial charge in [0.1, 0.15) is 0 Å². The first-order valence-electron chi connectivity index (χ1n) is 8.59. The van der Waals surface area contributed by atoms with E-state index in [1.807, 2.05) is 48.7 Å². The van der Waals surface area contributed by atoms with Crippen LogP contribution in [0.15, 0.2) is 60.9 Å². The highest BCUT2D eigenvalue weighted by molar-refractivity contribution is 5.99. The maximum Gasteiger partial charge on any atom is 0.252 e. The molecule has 3 aromatic rings. The minimum atomic E-state index is -0.259. The van der Waals surface area contributed by atoms with Gasteiger partial charge in [-0.3, -0.25) is 14.6 Å². The Bertz CT molecular complexity index is 994. The van der Waals surface area contributed by atoms with Crippen molar-refractivity contribution in [2.24, 2.45) is 0 Å². The zero-order chi connectivity index (χ0) is 18.1. The maximum atomic E-state index is 12.7. The third-order valence-corrected chi connectivity index (χ3v) is 4.87. The smallest absolute Gasteiger partial charge is 0.252 e. The molecule has 2 aromatic carbocycles. The van der Waals surface area contributed by atoms with E-state index in [2.05, 4.69) is 10.3 Å². The third-order valence-electron chi connectivity index (χ3n) is 4.87. The van der Waals surface area contributed by atoms with E-state index in [0.29, 0.717) is 12.1 Å². The first kappa shape index (κ1) is 16.3. The number of amides is 2.